The van der Waals surface area contributed by atoms with Crippen LogP contribution in [0, 0.1) is 5.92 Å². The van der Waals surface area contributed by atoms with Gasteiger partial charge in [0.15, 0.2) is 0 Å². The number of hydrogen-bond acceptors (Lipinski definition) is 1. The van der Waals surface area contributed by atoms with Crippen molar-refractivity contribution in [1.82, 2.24) is 4.90 Å². The zero-order valence-corrected chi connectivity index (χ0v) is 14.0. The molecule has 1 aromatic carbocycles. The number of carbonyl (C=O) groups is 1. The average molecular weight is 385 g/mol. The standard InChI is InChI=1S/C15H15Br2NO/c1-10(2)9-18-13(19)8-12(14(18)15(16)17)11-6-4-3-5-7-11/h3-8,10H,9H2,1-2H3. The molecule has 0 atom stereocenters. The van der Waals surface area contributed by atoms with Crippen molar-refractivity contribution >= 4 is 43.3 Å². The quantitative estimate of drug-likeness (QED) is 0.749. The Balaban J connectivity index is 2.43. The highest BCUT2D eigenvalue weighted by Crippen LogP contribution is 2.38. The number of halogens is 2. The van der Waals surface area contributed by atoms with Crippen molar-refractivity contribution in [2.75, 3.05) is 6.54 Å². The molecule has 0 aliphatic carbocycles. The summed E-state index contributed by atoms with van der Waals surface area (Å²) in [6.07, 6.45) is 1.70. The number of rotatable bonds is 3. The van der Waals surface area contributed by atoms with Gasteiger partial charge in [0.25, 0.3) is 5.91 Å². The van der Waals surface area contributed by atoms with Crippen molar-refractivity contribution in [3.8, 4) is 0 Å². The van der Waals surface area contributed by atoms with Crippen molar-refractivity contribution < 1.29 is 4.79 Å². The minimum absolute atomic E-state index is 0.0407. The lowest BCUT2D eigenvalue weighted by molar-refractivity contribution is -0.123. The van der Waals surface area contributed by atoms with E-state index in [1.165, 1.54) is 0 Å². The fraction of sp³-hybridized carbons (Fsp3) is 0.267. The van der Waals surface area contributed by atoms with E-state index in [0.29, 0.717) is 12.5 Å². The highest BCUT2D eigenvalue weighted by Gasteiger charge is 2.30. The Kier molecular flexibility index (Phi) is 4.63. The SMILES string of the molecule is CC(C)CN1C(=O)C=C(c2ccccc2)C1=C(Br)Br. The first kappa shape index (κ1) is 14.5. The van der Waals surface area contributed by atoms with Gasteiger partial charge in [-0.3, -0.25) is 4.79 Å². The molecule has 0 unspecified atom stereocenters. The van der Waals surface area contributed by atoms with Crippen LogP contribution in [0.15, 0.2) is 45.5 Å². The molecular formula is C15H15Br2NO. The van der Waals surface area contributed by atoms with E-state index in [9.17, 15) is 4.79 Å². The number of carbonyl (C=O) groups excluding carboxylic acids is 1. The van der Waals surface area contributed by atoms with Gasteiger partial charge in [-0.1, -0.05) is 44.2 Å². The molecule has 0 fully saturated rings. The lowest BCUT2D eigenvalue weighted by Crippen LogP contribution is -2.28. The summed E-state index contributed by atoms with van der Waals surface area (Å²) >= 11 is 6.92. The predicted molar refractivity (Wildman–Crippen MR) is 85.9 cm³/mol. The van der Waals surface area contributed by atoms with Crippen LogP contribution in [0.1, 0.15) is 19.4 Å². The van der Waals surface area contributed by atoms with Gasteiger partial charge in [-0.2, -0.15) is 0 Å². The molecule has 1 aromatic rings. The maximum absolute atomic E-state index is 12.2. The first-order valence-electron chi connectivity index (χ1n) is 6.15. The minimum Gasteiger partial charge on any atom is -0.306 e. The van der Waals surface area contributed by atoms with Crippen LogP contribution >= 0.6 is 31.9 Å². The Bertz CT molecular complexity index is 543. The molecule has 0 radical (unpaired) electrons. The normalized spacial score (nSPS) is 15.2. The van der Waals surface area contributed by atoms with E-state index in [-0.39, 0.29) is 5.91 Å². The molecular weight excluding hydrogens is 370 g/mol. The van der Waals surface area contributed by atoms with Gasteiger partial charge in [-0.25, -0.2) is 0 Å². The second kappa shape index (κ2) is 6.06. The largest absolute Gasteiger partial charge is 0.306 e. The molecule has 0 spiro atoms. The van der Waals surface area contributed by atoms with Crippen molar-refractivity contribution in [3.05, 3.63) is 51.1 Å². The molecule has 1 amide bonds. The summed E-state index contributed by atoms with van der Waals surface area (Å²) in [5, 5.41) is 0. The van der Waals surface area contributed by atoms with Crippen LogP contribution in [0.3, 0.4) is 0 Å². The molecule has 1 aliphatic heterocycles. The maximum atomic E-state index is 12.2. The molecule has 2 nitrogen and oxygen atoms in total. The predicted octanol–water partition coefficient (Wildman–Crippen LogP) is 4.53. The molecule has 0 N–H and O–H groups in total. The van der Waals surface area contributed by atoms with Crippen LogP contribution < -0.4 is 0 Å². The van der Waals surface area contributed by atoms with E-state index >= 15 is 0 Å². The summed E-state index contributed by atoms with van der Waals surface area (Å²) in [7, 11) is 0. The second-order valence-corrected chi connectivity index (χ2v) is 7.53. The Morgan fingerprint density at radius 1 is 1.21 bits per heavy atom. The molecule has 4 heteroatoms. The summed E-state index contributed by atoms with van der Waals surface area (Å²) in [5.74, 6) is 0.459. The number of allylic oxidation sites excluding steroid dienone is 1. The van der Waals surface area contributed by atoms with Crippen molar-refractivity contribution in [1.29, 1.82) is 0 Å². The van der Waals surface area contributed by atoms with E-state index in [1.54, 1.807) is 6.08 Å². The Labute approximate surface area is 130 Å². The van der Waals surface area contributed by atoms with Gasteiger partial charge < -0.3 is 4.90 Å². The van der Waals surface area contributed by atoms with Crippen molar-refractivity contribution in [2.24, 2.45) is 5.92 Å². The van der Waals surface area contributed by atoms with Crippen LogP contribution in [-0.2, 0) is 4.79 Å². The third kappa shape index (κ3) is 3.18. The smallest absolute Gasteiger partial charge is 0.251 e. The fourth-order valence-corrected chi connectivity index (χ4v) is 2.97. The first-order valence-corrected chi connectivity index (χ1v) is 7.73. The lowest BCUT2D eigenvalue weighted by Gasteiger charge is -2.22. The van der Waals surface area contributed by atoms with Gasteiger partial charge in [0.2, 0.25) is 0 Å². The second-order valence-electron chi connectivity index (χ2n) is 4.88. The third-order valence-corrected chi connectivity index (χ3v) is 3.62. The monoisotopic (exact) mass is 383 g/mol. The van der Waals surface area contributed by atoms with Gasteiger partial charge >= 0.3 is 0 Å². The van der Waals surface area contributed by atoms with Crippen LogP contribution in [0.5, 0.6) is 0 Å². The number of nitrogens with zero attached hydrogens (tertiary/aromatic N) is 1. The number of hydrogen-bond donors (Lipinski definition) is 0. The van der Waals surface area contributed by atoms with E-state index in [2.05, 4.69) is 45.7 Å². The van der Waals surface area contributed by atoms with Gasteiger partial charge in [0.05, 0.1) is 9.09 Å². The highest BCUT2D eigenvalue weighted by molar-refractivity contribution is 9.28. The summed E-state index contributed by atoms with van der Waals surface area (Å²) in [6.45, 7) is 4.92. The minimum atomic E-state index is 0.0407. The van der Waals surface area contributed by atoms with E-state index in [4.69, 9.17) is 0 Å². The first-order chi connectivity index (χ1) is 9.00. The third-order valence-electron chi connectivity index (χ3n) is 2.87. The summed E-state index contributed by atoms with van der Waals surface area (Å²) in [5.41, 5.74) is 2.91. The van der Waals surface area contributed by atoms with Gasteiger partial charge in [0, 0.05) is 18.2 Å². The van der Waals surface area contributed by atoms with Gasteiger partial charge in [0.1, 0.15) is 0 Å². The summed E-state index contributed by atoms with van der Waals surface area (Å²) in [6, 6.07) is 9.96. The molecule has 0 aromatic heterocycles. The van der Waals surface area contributed by atoms with Crippen LogP contribution in [0.25, 0.3) is 5.57 Å². The van der Waals surface area contributed by atoms with Crippen LogP contribution in [-0.4, -0.2) is 17.4 Å². The fourth-order valence-electron chi connectivity index (χ4n) is 2.11. The lowest BCUT2D eigenvalue weighted by atomic mass is 10.0. The molecule has 100 valence electrons. The highest BCUT2D eigenvalue weighted by atomic mass is 79.9. The van der Waals surface area contributed by atoms with Crippen LogP contribution in [0.2, 0.25) is 0 Å². The average Bonchev–Trinajstić information content (AvgIpc) is 2.67. The molecule has 0 bridgehead atoms. The van der Waals surface area contributed by atoms with Crippen molar-refractivity contribution in [2.45, 2.75) is 13.8 Å². The zero-order valence-electron chi connectivity index (χ0n) is 10.9. The zero-order chi connectivity index (χ0) is 14.0. The van der Waals surface area contributed by atoms with Gasteiger partial charge in [-0.15, -0.1) is 0 Å². The molecule has 19 heavy (non-hydrogen) atoms. The van der Waals surface area contributed by atoms with Crippen molar-refractivity contribution in [3.63, 3.8) is 0 Å². The molecule has 0 saturated heterocycles. The van der Waals surface area contributed by atoms with E-state index < -0.39 is 0 Å². The summed E-state index contributed by atoms with van der Waals surface area (Å²) < 4.78 is 0.807. The molecule has 1 aliphatic rings. The molecule has 1 heterocycles. The van der Waals surface area contributed by atoms with Crippen LogP contribution in [0.4, 0.5) is 0 Å². The Morgan fingerprint density at radius 3 is 2.37 bits per heavy atom. The van der Waals surface area contributed by atoms with E-state index in [0.717, 1.165) is 20.2 Å². The summed E-state index contributed by atoms with van der Waals surface area (Å²) in [4.78, 5) is 14.0. The van der Waals surface area contributed by atoms with E-state index in [1.807, 2.05) is 35.2 Å². The van der Waals surface area contributed by atoms with Gasteiger partial charge in [-0.05, 0) is 43.3 Å². The Hall–Kier alpha value is -0.870. The molecule has 0 saturated carbocycles. The number of amides is 1. The number of benzene rings is 1. The Morgan fingerprint density at radius 2 is 1.84 bits per heavy atom. The maximum Gasteiger partial charge on any atom is 0.251 e. The molecule has 2 rings (SSSR count). The topological polar surface area (TPSA) is 20.3 Å².